The first-order chi connectivity index (χ1) is 6.85. The van der Waals surface area contributed by atoms with E-state index in [4.69, 9.17) is 5.73 Å². The molecule has 0 saturated heterocycles. The predicted octanol–water partition coefficient (Wildman–Crippen LogP) is 0.833. The first-order valence-electron chi connectivity index (χ1n) is 5.55. The van der Waals surface area contributed by atoms with Crippen molar-refractivity contribution in [1.29, 1.82) is 0 Å². The van der Waals surface area contributed by atoms with Gasteiger partial charge in [-0.15, -0.1) is 0 Å². The van der Waals surface area contributed by atoms with Gasteiger partial charge in [0.15, 0.2) is 0 Å². The van der Waals surface area contributed by atoms with Crippen LogP contribution < -0.4 is 10.5 Å². The summed E-state index contributed by atoms with van der Waals surface area (Å²) in [5, 5.41) is 0. The van der Waals surface area contributed by atoms with Crippen LogP contribution in [0.2, 0.25) is 0 Å². The minimum Gasteiger partial charge on any atom is -0.329 e. The Hall–Kier alpha value is -0.130. The lowest BCUT2D eigenvalue weighted by molar-refractivity contribution is 0.218. The van der Waals surface area contributed by atoms with Gasteiger partial charge < -0.3 is 5.73 Å². The van der Waals surface area contributed by atoms with Crippen LogP contribution in [0.1, 0.15) is 39.5 Å². The average molecular weight is 234 g/mol. The molecular formula is C10H22N2O2S. The highest BCUT2D eigenvalue weighted by Gasteiger charge is 2.28. The van der Waals surface area contributed by atoms with Crippen molar-refractivity contribution >= 4 is 10.0 Å². The van der Waals surface area contributed by atoms with Gasteiger partial charge in [0.2, 0.25) is 10.0 Å². The zero-order valence-corrected chi connectivity index (χ0v) is 10.4. The normalized spacial score (nSPS) is 22.9. The van der Waals surface area contributed by atoms with E-state index in [-0.39, 0.29) is 18.3 Å². The summed E-state index contributed by atoms with van der Waals surface area (Å²) in [5.74, 6) is 0.0346. The number of nitrogens with two attached hydrogens (primary N) is 1. The van der Waals surface area contributed by atoms with Crippen molar-refractivity contribution in [2.75, 3.05) is 12.3 Å². The van der Waals surface area contributed by atoms with E-state index >= 15 is 0 Å². The molecule has 0 radical (unpaired) electrons. The summed E-state index contributed by atoms with van der Waals surface area (Å²) in [6.45, 7) is 4.66. The molecule has 0 unspecified atom stereocenters. The van der Waals surface area contributed by atoms with E-state index in [1.165, 1.54) is 0 Å². The Morgan fingerprint density at radius 3 is 2.33 bits per heavy atom. The Bertz CT molecular complexity index is 289. The van der Waals surface area contributed by atoms with Crippen molar-refractivity contribution in [1.82, 2.24) is 4.72 Å². The molecule has 3 N–H and O–H groups in total. The summed E-state index contributed by atoms with van der Waals surface area (Å²) in [4.78, 5) is 0. The molecule has 1 saturated carbocycles. The molecular weight excluding hydrogens is 212 g/mol. The van der Waals surface area contributed by atoms with Crippen LogP contribution in [0.15, 0.2) is 0 Å². The molecule has 0 heterocycles. The van der Waals surface area contributed by atoms with Crippen molar-refractivity contribution < 1.29 is 8.42 Å². The average Bonchev–Trinajstić information content (AvgIpc) is 2.08. The number of nitrogens with one attached hydrogen (secondary N) is 1. The highest BCUT2D eigenvalue weighted by Crippen LogP contribution is 2.35. The molecule has 1 aliphatic rings. The molecule has 0 aromatic carbocycles. The lowest BCUT2D eigenvalue weighted by Gasteiger charge is -2.34. The molecule has 5 heteroatoms. The SMILES string of the molecule is CC1(C)CCC(NS(=O)(=O)CCN)CC1. The number of rotatable bonds is 4. The summed E-state index contributed by atoms with van der Waals surface area (Å²) >= 11 is 0. The van der Waals surface area contributed by atoms with Gasteiger partial charge in [0, 0.05) is 12.6 Å². The predicted molar refractivity (Wildman–Crippen MR) is 62.0 cm³/mol. The molecule has 0 aromatic rings. The van der Waals surface area contributed by atoms with Crippen LogP contribution >= 0.6 is 0 Å². The second-order valence-electron chi connectivity index (χ2n) is 5.16. The summed E-state index contributed by atoms with van der Waals surface area (Å²) < 4.78 is 25.7. The minimum atomic E-state index is -3.14. The third kappa shape index (κ3) is 4.49. The standard InChI is InChI=1S/C10H22N2O2S/c1-10(2)5-3-9(4-6-10)12-15(13,14)8-7-11/h9,12H,3-8,11H2,1-2H3. The van der Waals surface area contributed by atoms with Crippen molar-refractivity contribution in [3.05, 3.63) is 0 Å². The molecule has 0 aliphatic heterocycles. The van der Waals surface area contributed by atoms with Gasteiger partial charge in [0.25, 0.3) is 0 Å². The largest absolute Gasteiger partial charge is 0.329 e. The fourth-order valence-electron chi connectivity index (χ4n) is 1.99. The van der Waals surface area contributed by atoms with E-state index in [1.807, 2.05) is 0 Å². The van der Waals surface area contributed by atoms with Crippen molar-refractivity contribution in [3.63, 3.8) is 0 Å². The maximum absolute atomic E-state index is 11.5. The van der Waals surface area contributed by atoms with Gasteiger partial charge in [-0.2, -0.15) is 0 Å². The second kappa shape index (κ2) is 4.80. The smallest absolute Gasteiger partial charge is 0.213 e. The van der Waals surface area contributed by atoms with E-state index in [0.717, 1.165) is 25.7 Å². The number of hydrogen-bond donors (Lipinski definition) is 2. The zero-order valence-electron chi connectivity index (χ0n) is 9.62. The van der Waals surface area contributed by atoms with Gasteiger partial charge in [0.1, 0.15) is 0 Å². The molecule has 1 aliphatic carbocycles. The van der Waals surface area contributed by atoms with Crippen molar-refractivity contribution in [3.8, 4) is 0 Å². The van der Waals surface area contributed by atoms with Gasteiger partial charge in [-0.1, -0.05) is 13.8 Å². The van der Waals surface area contributed by atoms with Crippen LogP contribution in [0.3, 0.4) is 0 Å². The van der Waals surface area contributed by atoms with Crippen LogP contribution in [0.4, 0.5) is 0 Å². The molecule has 0 spiro atoms. The zero-order chi connectivity index (χ0) is 11.5. The monoisotopic (exact) mass is 234 g/mol. The molecule has 0 atom stereocenters. The Balaban J connectivity index is 2.42. The van der Waals surface area contributed by atoms with Gasteiger partial charge >= 0.3 is 0 Å². The van der Waals surface area contributed by atoms with Crippen LogP contribution in [0.25, 0.3) is 0 Å². The molecule has 0 bridgehead atoms. The lowest BCUT2D eigenvalue weighted by Crippen LogP contribution is -2.41. The highest BCUT2D eigenvalue weighted by atomic mass is 32.2. The van der Waals surface area contributed by atoms with E-state index < -0.39 is 10.0 Å². The van der Waals surface area contributed by atoms with Crippen molar-refractivity contribution in [2.45, 2.75) is 45.6 Å². The van der Waals surface area contributed by atoms with E-state index in [1.54, 1.807) is 0 Å². The maximum atomic E-state index is 11.5. The van der Waals surface area contributed by atoms with E-state index in [0.29, 0.717) is 5.41 Å². The number of hydrogen-bond acceptors (Lipinski definition) is 3. The number of sulfonamides is 1. The summed E-state index contributed by atoms with van der Waals surface area (Å²) in [6.07, 6.45) is 4.05. The third-order valence-corrected chi connectivity index (χ3v) is 4.54. The summed E-state index contributed by atoms with van der Waals surface area (Å²) in [7, 11) is -3.14. The van der Waals surface area contributed by atoms with Crippen LogP contribution in [-0.2, 0) is 10.0 Å². The first kappa shape index (κ1) is 12.9. The van der Waals surface area contributed by atoms with Gasteiger partial charge in [-0.3, -0.25) is 0 Å². The minimum absolute atomic E-state index is 0.0346. The molecule has 90 valence electrons. The van der Waals surface area contributed by atoms with Gasteiger partial charge in [-0.25, -0.2) is 13.1 Å². The fraction of sp³-hybridized carbons (Fsp3) is 1.00. The Labute approximate surface area is 92.7 Å². The van der Waals surface area contributed by atoms with E-state index in [9.17, 15) is 8.42 Å². The quantitative estimate of drug-likeness (QED) is 0.757. The lowest BCUT2D eigenvalue weighted by atomic mass is 9.76. The molecule has 1 rings (SSSR count). The molecule has 0 amide bonds. The molecule has 0 aromatic heterocycles. The molecule has 15 heavy (non-hydrogen) atoms. The molecule has 4 nitrogen and oxygen atoms in total. The Morgan fingerprint density at radius 2 is 1.87 bits per heavy atom. The maximum Gasteiger partial charge on any atom is 0.213 e. The van der Waals surface area contributed by atoms with Gasteiger partial charge in [-0.05, 0) is 31.1 Å². The topological polar surface area (TPSA) is 72.2 Å². The highest BCUT2D eigenvalue weighted by molar-refractivity contribution is 7.89. The fourth-order valence-corrected chi connectivity index (χ4v) is 3.16. The van der Waals surface area contributed by atoms with Crippen molar-refractivity contribution in [2.24, 2.45) is 11.1 Å². The van der Waals surface area contributed by atoms with E-state index in [2.05, 4.69) is 18.6 Å². The second-order valence-corrected chi connectivity index (χ2v) is 7.04. The summed E-state index contributed by atoms with van der Waals surface area (Å²) in [5.41, 5.74) is 5.61. The van der Waals surface area contributed by atoms with Gasteiger partial charge in [0.05, 0.1) is 5.75 Å². The summed E-state index contributed by atoms with van der Waals surface area (Å²) in [6, 6.07) is 0.120. The first-order valence-corrected chi connectivity index (χ1v) is 7.20. The third-order valence-electron chi connectivity index (χ3n) is 3.07. The van der Waals surface area contributed by atoms with Crippen LogP contribution in [-0.4, -0.2) is 26.8 Å². The molecule has 1 fully saturated rings. The Morgan fingerprint density at radius 1 is 1.33 bits per heavy atom. The van der Waals surface area contributed by atoms with Crippen LogP contribution in [0.5, 0.6) is 0 Å². The van der Waals surface area contributed by atoms with Crippen LogP contribution in [0, 0.1) is 5.41 Å². The Kier molecular flexibility index (Phi) is 4.14.